The summed E-state index contributed by atoms with van der Waals surface area (Å²) < 4.78 is 23.3. The first-order valence-electron chi connectivity index (χ1n) is 2.90. The van der Waals surface area contributed by atoms with Crippen LogP contribution >= 0.6 is 0 Å². The van der Waals surface area contributed by atoms with Gasteiger partial charge in [-0.2, -0.15) is 0 Å². The second-order valence-electron chi connectivity index (χ2n) is 1.68. The van der Waals surface area contributed by atoms with Gasteiger partial charge < -0.3 is 0 Å². The molecule has 0 aliphatic heterocycles. The van der Waals surface area contributed by atoms with Crippen molar-refractivity contribution in [2.24, 2.45) is 0 Å². The van der Waals surface area contributed by atoms with Crippen molar-refractivity contribution in [3.8, 4) is 0 Å². The Kier molecular flexibility index (Phi) is 4.65. The van der Waals surface area contributed by atoms with Gasteiger partial charge in [-0.1, -0.05) is 29.8 Å². The number of allylic oxidation sites excluding steroid dienone is 3. The van der Waals surface area contributed by atoms with Crippen LogP contribution in [0.15, 0.2) is 36.3 Å². The molecule has 0 aromatic rings. The van der Waals surface area contributed by atoms with Crippen LogP contribution in [0.3, 0.4) is 0 Å². The number of hydrogen-bond donors (Lipinski definition) is 0. The van der Waals surface area contributed by atoms with E-state index in [2.05, 4.69) is 13.2 Å². The molecule has 0 amide bonds. The standard InChI is InChI=1S/C7H10FNOS/c1-4-6-7(5-2)11(10)9(3)8/h4-6H,1-2H2,3H3/b7-6+. The molecule has 0 aromatic carbocycles. The van der Waals surface area contributed by atoms with Crippen LogP contribution in [0.2, 0.25) is 0 Å². The predicted molar refractivity (Wildman–Crippen MR) is 45.5 cm³/mol. The van der Waals surface area contributed by atoms with Crippen molar-refractivity contribution in [1.82, 2.24) is 4.53 Å². The highest BCUT2D eigenvalue weighted by molar-refractivity contribution is 7.86. The van der Waals surface area contributed by atoms with E-state index in [-0.39, 0.29) is 4.53 Å². The molecular formula is C7H10FNOS. The van der Waals surface area contributed by atoms with Gasteiger partial charge in [0.15, 0.2) is 11.0 Å². The molecule has 0 fully saturated rings. The van der Waals surface area contributed by atoms with Gasteiger partial charge in [0.1, 0.15) is 0 Å². The molecule has 11 heavy (non-hydrogen) atoms. The molecule has 0 N–H and O–H groups in total. The molecule has 0 spiro atoms. The van der Waals surface area contributed by atoms with Gasteiger partial charge in [-0.25, -0.2) is 4.21 Å². The normalized spacial score (nSPS) is 14.6. The van der Waals surface area contributed by atoms with Crippen molar-refractivity contribution in [2.45, 2.75) is 0 Å². The highest BCUT2D eigenvalue weighted by Gasteiger charge is 2.08. The molecule has 0 heterocycles. The largest absolute Gasteiger partial charge is 0.235 e. The summed E-state index contributed by atoms with van der Waals surface area (Å²) in [5.41, 5.74) is 0. The second kappa shape index (κ2) is 4.98. The number of rotatable bonds is 4. The minimum atomic E-state index is -1.77. The SMILES string of the molecule is C=C/C=C(\C=C)S(=O)N(C)F. The molecule has 0 bridgehead atoms. The van der Waals surface area contributed by atoms with E-state index >= 15 is 0 Å². The molecule has 0 saturated carbocycles. The fraction of sp³-hybridized carbons (Fsp3) is 0.143. The van der Waals surface area contributed by atoms with E-state index < -0.39 is 11.0 Å². The van der Waals surface area contributed by atoms with Crippen LogP contribution in [0.5, 0.6) is 0 Å². The summed E-state index contributed by atoms with van der Waals surface area (Å²) in [6, 6.07) is 0. The third-order valence-corrected chi connectivity index (χ3v) is 2.08. The van der Waals surface area contributed by atoms with Crippen LogP contribution < -0.4 is 0 Å². The lowest BCUT2D eigenvalue weighted by Crippen LogP contribution is -2.11. The van der Waals surface area contributed by atoms with Crippen LogP contribution in [-0.4, -0.2) is 15.8 Å². The van der Waals surface area contributed by atoms with Crippen molar-refractivity contribution >= 4 is 11.0 Å². The Bertz CT molecular complexity index is 210. The van der Waals surface area contributed by atoms with Gasteiger partial charge in [0.05, 0.1) is 4.91 Å². The summed E-state index contributed by atoms with van der Waals surface area (Å²) >= 11 is 0. The fourth-order valence-corrected chi connectivity index (χ4v) is 1.10. The molecule has 0 radical (unpaired) electrons. The first kappa shape index (κ1) is 10.3. The first-order chi connectivity index (χ1) is 5.13. The van der Waals surface area contributed by atoms with Crippen molar-refractivity contribution in [3.63, 3.8) is 0 Å². The fourth-order valence-electron chi connectivity index (χ4n) is 0.459. The Morgan fingerprint density at radius 3 is 2.45 bits per heavy atom. The number of hydrogen-bond acceptors (Lipinski definition) is 1. The lowest BCUT2D eigenvalue weighted by atomic mass is 10.5. The summed E-state index contributed by atoms with van der Waals surface area (Å²) in [6.45, 7) is 6.77. The van der Waals surface area contributed by atoms with Crippen LogP contribution in [0.4, 0.5) is 4.48 Å². The van der Waals surface area contributed by atoms with Gasteiger partial charge in [-0.3, -0.25) is 0 Å². The smallest absolute Gasteiger partial charge is 0.155 e. The Morgan fingerprint density at radius 1 is 1.64 bits per heavy atom. The molecule has 0 rings (SSSR count). The van der Waals surface area contributed by atoms with E-state index in [0.29, 0.717) is 4.91 Å². The third-order valence-electron chi connectivity index (χ3n) is 0.913. The minimum absolute atomic E-state index is 0.108. The summed E-state index contributed by atoms with van der Waals surface area (Å²) in [6.07, 6.45) is 4.20. The summed E-state index contributed by atoms with van der Waals surface area (Å²) in [4.78, 5) is 0.296. The van der Waals surface area contributed by atoms with Crippen molar-refractivity contribution in [3.05, 3.63) is 36.3 Å². The van der Waals surface area contributed by atoms with Crippen LogP contribution in [-0.2, 0) is 11.0 Å². The van der Waals surface area contributed by atoms with Gasteiger partial charge in [-0.15, -0.1) is 4.48 Å². The lowest BCUT2D eigenvalue weighted by Gasteiger charge is -2.03. The van der Waals surface area contributed by atoms with E-state index in [4.69, 9.17) is 0 Å². The van der Waals surface area contributed by atoms with Crippen molar-refractivity contribution < 1.29 is 8.69 Å². The molecule has 62 valence electrons. The molecule has 0 saturated heterocycles. The van der Waals surface area contributed by atoms with E-state index in [1.54, 1.807) is 0 Å². The van der Waals surface area contributed by atoms with Gasteiger partial charge in [0.2, 0.25) is 0 Å². The highest BCUT2D eigenvalue weighted by Crippen LogP contribution is 2.06. The van der Waals surface area contributed by atoms with Gasteiger partial charge >= 0.3 is 0 Å². The maximum absolute atomic E-state index is 12.3. The summed E-state index contributed by atoms with van der Waals surface area (Å²) in [5.74, 6) is 0. The van der Waals surface area contributed by atoms with Crippen LogP contribution in [0.1, 0.15) is 0 Å². The monoisotopic (exact) mass is 175 g/mol. The Balaban J connectivity index is 4.51. The highest BCUT2D eigenvalue weighted by atomic mass is 32.2. The Hall–Kier alpha value is -0.740. The molecule has 1 atom stereocenters. The molecular weight excluding hydrogens is 165 g/mol. The molecule has 0 aliphatic rings. The average Bonchev–Trinajstić information content (AvgIpc) is 1.98. The average molecular weight is 175 g/mol. The maximum Gasteiger partial charge on any atom is 0.155 e. The van der Waals surface area contributed by atoms with E-state index in [1.807, 2.05) is 0 Å². The number of halogens is 1. The zero-order valence-corrected chi connectivity index (χ0v) is 7.10. The molecule has 0 aliphatic carbocycles. The Morgan fingerprint density at radius 2 is 2.18 bits per heavy atom. The van der Waals surface area contributed by atoms with E-state index in [1.165, 1.54) is 18.2 Å². The Labute approximate surface area is 68.2 Å². The number of nitrogens with zero attached hydrogens (tertiary/aromatic N) is 1. The van der Waals surface area contributed by atoms with Gasteiger partial charge in [0, 0.05) is 7.05 Å². The quantitative estimate of drug-likeness (QED) is 0.470. The predicted octanol–water partition coefficient (Wildman–Crippen LogP) is 1.72. The zero-order valence-electron chi connectivity index (χ0n) is 6.29. The minimum Gasteiger partial charge on any atom is -0.235 e. The van der Waals surface area contributed by atoms with Crippen molar-refractivity contribution in [2.75, 3.05) is 7.05 Å². The van der Waals surface area contributed by atoms with Crippen LogP contribution in [0, 0.1) is 0 Å². The zero-order chi connectivity index (χ0) is 8.85. The lowest BCUT2D eigenvalue weighted by molar-refractivity contribution is 0.191. The topological polar surface area (TPSA) is 20.3 Å². The first-order valence-corrected chi connectivity index (χ1v) is 4.00. The molecule has 4 heteroatoms. The van der Waals surface area contributed by atoms with Gasteiger partial charge in [-0.05, 0) is 6.08 Å². The van der Waals surface area contributed by atoms with Crippen molar-refractivity contribution in [1.29, 1.82) is 0 Å². The molecule has 2 nitrogen and oxygen atoms in total. The summed E-state index contributed by atoms with van der Waals surface area (Å²) in [5, 5.41) is 0. The maximum atomic E-state index is 12.3. The molecule has 1 unspecified atom stereocenters. The van der Waals surface area contributed by atoms with E-state index in [9.17, 15) is 8.69 Å². The van der Waals surface area contributed by atoms with E-state index in [0.717, 1.165) is 7.05 Å². The molecule has 0 aromatic heterocycles. The van der Waals surface area contributed by atoms with Crippen LogP contribution in [0.25, 0.3) is 0 Å². The second-order valence-corrected chi connectivity index (χ2v) is 3.15. The summed E-state index contributed by atoms with van der Waals surface area (Å²) in [7, 11) is -0.691. The third kappa shape index (κ3) is 3.25. The van der Waals surface area contributed by atoms with Gasteiger partial charge in [0.25, 0.3) is 0 Å².